The number of hydrogen-bond donors (Lipinski definition) is 1. The van der Waals surface area contributed by atoms with Crippen LogP contribution in [-0.4, -0.2) is 21.2 Å². The Morgan fingerprint density at radius 3 is 2.63 bits per heavy atom. The van der Waals surface area contributed by atoms with Crippen molar-refractivity contribution in [2.45, 2.75) is 31.6 Å². The van der Waals surface area contributed by atoms with Crippen molar-refractivity contribution < 1.29 is 14.4 Å². The van der Waals surface area contributed by atoms with Gasteiger partial charge in [0.1, 0.15) is 0 Å². The number of nitrogens with zero attached hydrogens (tertiary/aromatic N) is 2. The van der Waals surface area contributed by atoms with Crippen LogP contribution < -0.4 is 0 Å². The van der Waals surface area contributed by atoms with Crippen molar-refractivity contribution >= 4 is 5.97 Å². The molecule has 1 aromatic carbocycles. The number of rotatable bonds is 4. The van der Waals surface area contributed by atoms with E-state index in [4.69, 9.17) is 9.63 Å². The van der Waals surface area contributed by atoms with Crippen LogP contribution in [0, 0.1) is 0 Å². The van der Waals surface area contributed by atoms with E-state index in [1.807, 2.05) is 12.1 Å². The molecule has 19 heavy (non-hydrogen) atoms. The molecule has 0 fully saturated rings. The molecule has 5 heteroatoms. The molecule has 2 aromatic rings. The van der Waals surface area contributed by atoms with Gasteiger partial charge >= 0.3 is 5.97 Å². The molecule has 1 aromatic heterocycles. The van der Waals surface area contributed by atoms with Gasteiger partial charge in [-0.1, -0.05) is 29.4 Å². The number of carbonyl (C=O) groups is 1. The molecule has 3 rings (SSSR count). The first-order valence-electron chi connectivity index (χ1n) is 6.33. The number of hydrogen-bond acceptors (Lipinski definition) is 4. The molecule has 0 spiro atoms. The van der Waals surface area contributed by atoms with Crippen LogP contribution in [0.4, 0.5) is 0 Å². The van der Waals surface area contributed by atoms with E-state index in [0.717, 1.165) is 12.8 Å². The zero-order chi connectivity index (χ0) is 13.2. The molecule has 0 unspecified atom stereocenters. The summed E-state index contributed by atoms with van der Waals surface area (Å²) in [4.78, 5) is 14.8. The summed E-state index contributed by atoms with van der Waals surface area (Å²) >= 11 is 0. The monoisotopic (exact) mass is 258 g/mol. The van der Waals surface area contributed by atoms with Crippen LogP contribution in [0.5, 0.6) is 0 Å². The maximum absolute atomic E-state index is 10.5. The molecular weight excluding hydrogens is 244 g/mol. The normalized spacial score (nSPS) is 14.5. The molecule has 0 amide bonds. The molecule has 98 valence electrons. The van der Waals surface area contributed by atoms with Crippen molar-refractivity contribution in [1.29, 1.82) is 0 Å². The molecule has 0 atom stereocenters. The van der Waals surface area contributed by atoms with Gasteiger partial charge in [0.15, 0.2) is 5.82 Å². The highest BCUT2D eigenvalue weighted by atomic mass is 16.5. The summed E-state index contributed by atoms with van der Waals surface area (Å²) < 4.78 is 5.10. The summed E-state index contributed by atoms with van der Waals surface area (Å²) in [5.41, 5.74) is 2.67. The van der Waals surface area contributed by atoms with Crippen molar-refractivity contribution in [3.05, 3.63) is 47.1 Å². The third-order valence-corrected chi connectivity index (χ3v) is 3.45. The first-order chi connectivity index (χ1) is 9.22. The Bertz CT molecular complexity index is 581. The molecule has 0 saturated heterocycles. The van der Waals surface area contributed by atoms with Gasteiger partial charge in [-0.25, -0.2) is 0 Å². The first kappa shape index (κ1) is 11.9. The van der Waals surface area contributed by atoms with E-state index < -0.39 is 5.97 Å². The van der Waals surface area contributed by atoms with E-state index in [1.165, 1.54) is 11.1 Å². The van der Waals surface area contributed by atoms with Crippen LogP contribution in [0.3, 0.4) is 0 Å². The Labute approximate surface area is 110 Å². The van der Waals surface area contributed by atoms with Gasteiger partial charge in [-0.05, 0) is 24.0 Å². The van der Waals surface area contributed by atoms with Gasteiger partial charge in [0.05, 0.1) is 6.42 Å². The predicted molar refractivity (Wildman–Crippen MR) is 66.8 cm³/mol. The highest BCUT2D eigenvalue weighted by Crippen LogP contribution is 2.32. The third-order valence-electron chi connectivity index (χ3n) is 3.45. The van der Waals surface area contributed by atoms with E-state index in [-0.39, 0.29) is 12.3 Å². The van der Waals surface area contributed by atoms with Gasteiger partial charge in [-0.15, -0.1) is 0 Å². The molecule has 5 nitrogen and oxygen atoms in total. The SMILES string of the molecule is O=C(O)CCc1nc(C2Cc3ccccc3C2)no1. The van der Waals surface area contributed by atoms with E-state index >= 15 is 0 Å². The summed E-state index contributed by atoms with van der Waals surface area (Å²) in [5.74, 6) is 0.498. The maximum atomic E-state index is 10.5. The van der Waals surface area contributed by atoms with Crippen LogP contribution in [0.25, 0.3) is 0 Å². The second-order valence-electron chi connectivity index (χ2n) is 4.81. The second-order valence-corrected chi connectivity index (χ2v) is 4.81. The van der Waals surface area contributed by atoms with Gasteiger partial charge < -0.3 is 9.63 Å². The molecule has 1 aliphatic carbocycles. The van der Waals surface area contributed by atoms with Crippen LogP contribution in [-0.2, 0) is 24.1 Å². The van der Waals surface area contributed by atoms with Gasteiger partial charge in [0.2, 0.25) is 5.89 Å². The van der Waals surface area contributed by atoms with Crippen LogP contribution in [0.15, 0.2) is 28.8 Å². The Morgan fingerprint density at radius 2 is 2.00 bits per heavy atom. The lowest BCUT2D eigenvalue weighted by atomic mass is 10.1. The first-order valence-corrected chi connectivity index (χ1v) is 6.33. The second kappa shape index (κ2) is 4.84. The minimum Gasteiger partial charge on any atom is -0.481 e. The van der Waals surface area contributed by atoms with Gasteiger partial charge in [-0.2, -0.15) is 4.98 Å². The van der Waals surface area contributed by atoms with Crippen LogP contribution in [0.1, 0.15) is 35.2 Å². The number of aliphatic carboxylic acids is 1. The lowest BCUT2D eigenvalue weighted by Crippen LogP contribution is -2.01. The van der Waals surface area contributed by atoms with E-state index in [9.17, 15) is 4.79 Å². The zero-order valence-electron chi connectivity index (χ0n) is 10.4. The van der Waals surface area contributed by atoms with Crippen LogP contribution >= 0.6 is 0 Å². The number of carboxylic acid groups (broad SMARTS) is 1. The lowest BCUT2D eigenvalue weighted by Gasteiger charge is -2.00. The third kappa shape index (κ3) is 2.50. The van der Waals surface area contributed by atoms with Gasteiger partial charge in [0, 0.05) is 12.3 Å². The summed E-state index contributed by atoms with van der Waals surface area (Å²) in [6, 6.07) is 8.33. The van der Waals surface area contributed by atoms with Gasteiger partial charge in [0.25, 0.3) is 0 Å². The number of benzene rings is 1. The Hall–Kier alpha value is -2.17. The number of fused-ring (bicyclic) bond motifs is 1. The Kier molecular flexibility index (Phi) is 3.03. The lowest BCUT2D eigenvalue weighted by molar-refractivity contribution is -0.137. The van der Waals surface area contributed by atoms with Crippen LogP contribution in [0.2, 0.25) is 0 Å². The highest BCUT2D eigenvalue weighted by Gasteiger charge is 2.26. The minimum absolute atomic E-state index is 0.0204. The van der Waals surface area contributed by atoms with E-state index in [2.05, 4.69) is 22.3 Å². The van der Waals surface area contributed by atoms with Gasteiger partial charge in [-0.3, -0.25) is 4.79 Å². The number of aryl methyl sites for hydroxylation is 1. The minimum atomic E-state index is -0.854. The highest BCUT2D eigenvalue weighted by molar-refractivity contribution is 5.66. The summed E-state index contributed by atoms with van der Waals surface area (Å²) in [6.07, 6.45) is 2.16. The summed E-state index contributed by atoms with van der Waals surface area (Å²) in [6.45, 7) is 0. The van der Waals surface area contributed by atoms with Crippen molar-refractivity contribution in [1.82, 2.24) is 10.1 Å². The van der Waals surface area contributed by atoms with E-state index in [1.54, 1.807) is 0 Å². The largest absolute Gasteiger partial charge is 0.481 e. The fourth-order valence-corrected chi connectivity index (χ4v) is 2.49. The van der Waals surface area contributed by atoms with E-state index in [0.29, 0.717) is 18.1 Å². The van der Waals surface area contributed by atoms with Crippen molar-refractivity contribution in [2.75, 3.05) is 0 Å². The predicted octanol–water partition coefficient (Wildman–Crippen LogP) is 1.97. The number of aromatic nitrogens is 2. The fraction of sp³-hybridized carbons (Fsp3) is 0.357. The average Bonchev–Trinajstić information content (AvgIpc) is 3.02. The zero-order valence-corrected chi connectivity index (χ0v) is 10.4. The Balaban J connectivity index is 1.70. The molecule has 0 aliphatic heterocycles. The summed E-state index contributed by atoms with van der Waals surface area (Å²) in [5, 5.41) is 12.6. The maximum Gasteiger partial charge on any atom is 0.303 e. The topological polar surface area (TPSA) is 76.2 Å². The molecule has 0 bridgehead atoms. The van der Waals surface area contributed by atoms with Crippen molar-refractivity contribution in [2.24, 2.45) is 0 Å². The smallest absolute Gasteiger partial charge is 0.303 e. The Morgan fingerprint density at radius 1 is 1.32 bits per heavy atom. The van der Waals surface area contributed by atoms with Crippen molar-refractivity contribution in [3.63, 3.8) is 0 Å². The molecule has 0 radical (unpaired) electrons. The molecule has 0 saturated carbocycles. The number of carboxylic acids is 1. The summed E-state index contributed by atoms with van der Waals surface area (Å²) in [7, 11) is 0. The molecule has 1 heterocycles. The van der Waals surface area contributed by atoms with Crippen molar-refractivity contribution in [3.8, 4) is 0 Å². The molecule has 1 aliphatic rings. The average molecular weight is 258 g/mol. The molecular formula is C14H14N2O3. The molecule has 1 N–H and O–H groups in total. The quantitative estimate of drug-likeness (QED) is 0.907. The standard InChI is InChI=1S/C14H14N2O3/c17-13(18)6-5-12-15-14(16-19-12)11-7-9-3-1-2-4-10(9)8-11/h1-4,11H,5-8H2,(H,17,18). The fourth-order valence-electron chi connectivity index (χ4n) is 2.49.